The number of aryl methyl sites for hydroxylation is 1. The zero-order chi connectivity index (χ0) is 20.3. The maximum Gasteiger partial charge on any atom is 0.251 e. The van der Waals surface area contributed by atoms with E-state index >= 15 is 0 Å². The van der Waals surface area contributed by atoms with Crippen LogP contribution < -0.4 is 21.5 Å². The Labute approximate surface area is 157 Å². The number of nitrogens with one attached hydrogen (secondary N) is 1. The fourth-order valence-corrected chi connectivity index (χ4v) is 2.56. The maximum atomic E-state index is 12.2. The highest BCUT2D eigenvalue weighted by Gasteiger charge is 2.11. The number of fused-ring (bicyclic) bond motifs is 1. The fraction of sp³-hybridized carbons (Fsp3) is 0.200. The molecule has 3 aromatic rings. The molecular weight excluding hydrogens is 372 g/mol. The second-order valence-electron chi connectivity index (χ2n) is 5.76. The van der Waals surface area contributed by atoms with E-state index in [0.29, 0.717) is 24.1 Å². The van der Waals surface area contributed by atoms with E-state index in [4.69, 9.17) is 16.1 Å². The summed E-state index contributed by atoms with van der Waals surface area (Å²) in [7, 11) is 0. The molecule has 0 radical (unpaired) electrons. The van der Waals surface area contributed by atoms with Crippen LogP contribution in [0, 0.1) is 10.4 Å². The monoisotopic (exact) mass is 388 g/mol. The van der Waals surface area contributed by atoms with Crippen LogP contribution in [0.5, 0.6) is 0 Å². The number of benzene rings is 1. The molecule has 2 aromatic heterocycles. The summed E-state index contributed by atoms with van der Waals surface area (Å²) in [5.41, 5.74) is 5.97. The van der Waals surface area contributed by atoms with Crippen molar-refractivity contribution < 1.29 is 15.2 Å². The smallest absolute Gasteiger partial charge is 0.251 e. The Morgan fingerprint density at radius 2 is 1.93 bits per heavy atom. The first-order chi connectivity index (χ1) is 13.4. The molecule has 0 spiro atoms. The van der Waals surface area contributed by atoms with Crippen LogP contribution >= 0.6 is 0 Å². The van der Waals surface area contributed by atoms with Gasteiger partial charge in [0.05, 0.1) is 12.0 Å². The van der Waals surface area contributed by atoms with Crippen LogP contribution in [0.25, 0.3) is 11.2 Å². The molecule has 0 aliphatic heterocycles. The van der Waals surface area contributed by atoms with Gasteiger partial charge in [0.15, 0.2) is 11.5 Å². The summed E-state index contributed by atoms with van der Waals surface area (Å²) in [5.74, 6) is -0.311. The molecule has 0 unspecified atom stereocenters. The first-order valence-electron chi connectivity index (χ1n) is 8.03. The van der Waals surface area contributed by atoms with E-state index in [1.165, 1.54) is 6.33 Å². The molecule has 28 heavy (non-hydrogen) atoms. The molecule has 0 fully saturated rings. The summed E-state index contributed by atoms with van der Waals surface area (Å²) in [6.45, 7) is 0.757. The lowest BCUT2D eigenvalue weighted by Crippen LogP contribution is -2.26. The molecule has 5 N–H and O–H groups in total. The SMILES string of the molecule is Nc1ncnc2c1ncn2CCCNC(=O)c1cc(N([O-])[O-])cc(N(O)O)c1. The molecule has 1 amide bonds. The van der Waals surface area contributed by atoms with Gasteiger partial charge in [-0.3, -0.25) is 15.2 Å². The van der Waals surface area contributed by atoms with Crippen molar-refractivity contribution in [3.05, 3.63) is 46.8 Å². The number of nitrogens with two attached hydrogens (primary N) is 1. The van der Waals surface area contributed by atoms with Gasteiger partial charge in [0.2, 0.25) is 0 Å². The van der Waals surface area contributed by atoms with Crippen molar-refractivity contribution in [2.75, 3.05) is 22.7 Å². The van der Waals surface area contributed by atoms with Crippen molar-refractivity contribution >= 4 is 34.3 Å². The molecule has 0 saturated heterocycles. The number of nitrogens with zero attached hydrogens (tertiary/aromatic N) is 6. The number of hydrogen-bond donors (Lipinski definition) is 4. The van der Waals surface area contributed by atoms with Crippen LogP contribution in [-0.4, -0.2) is 42.4 Å². The van der Waals surface area contributed by atoms with Gasteiger partial charge in [-0.15, -0.1) is 5.23 Å². The number of carbonyl (C=O) groups excluding carboxylic acids is 1. The average molecular weight is 388 g/mol. The van der Waals surface area contributed by atoms with Crippen LogP contribution in [0.3, 0.4) is 0 Å². The molecule has 0 aliphatic rings. The first-order valence-corrected chi connectivity index (χ1v) is 8.03. The van der Waals surface area contributed by atoms with Crippen LogP contribution in [0.2, 0.25) is 0 Å². The molecule has 0 bridgehead atoms. The molecular formula is C15H16N8O5-2. The van der Waals surface area contributed by atoms with Gasteiger partial charge in [-0.2, -0.15) is 0 Å². The molecule has 3 rings (SSSR count). The van der Waals surface area contributed by atoms with E-state index in [1.54, 1.807) is 10.9 Å². The predicted octanol–water partition coefficient (Wildman–Crippen LogP) is 0.615. The number of imidazole rings is 1. The van der Waals surface area contributed by atoms with Crippen LogP contribution in [0.15, 0.2) is 30.9 Å². The molecule has 2 heterocycles. The predicted molar refractivity (Wildman–Crippen MR) is 98.4 cm³/mol. The zero-order valence-corrected chi connectivity index (χ0v) is 14.4. The van der Waals surface area contributed by atoms with Crippen LogP contribution in [0.1, 0.15) is 16.8 Å². The summed E-state index contributed by atoms with van der Waals surface area (Å²) in [6, 6.07) is 3.09. The van der Waals surface area contributed by atoms with Gasteiger partial charge in [0, 0.05) is 24.3 Å². The van der Waals surface area contributed by atoms with Gasteiger partial charge in [-0.05, 0) is 24.6 Å². The maximum absolute atomic E-state index is 12.2. The zero-order valence-electron chi connectivity index (χ0n) is 14.4. The summed E-state index contributed by atoms with van der Waals surface area (Å²) in [5, 5.41) is 41.6. The lowest BCUT2D eigenvalue weighted by molar-refractivity contribution is 0.0291. The van der Waals surface area contributed by atoms with E-state index in [0.717, 1.165) is 18.2 Å². The Morgan fingerprint density at radius 3 is 2.64 bits per heavy atom. The molecule has 1 aromatic carbocycles. The van der Waals surface area contributed by atoms with Gasteiger partial charge >= 0.3 is 0 Å². The lowest BCUT2D eigenvalue weighted by atomic mass is 10.1. The van der Waals surface area contributed by atoms with E-state index in [9.17, 15) is 15.2 Å². The standard InChI is InChI=1S/C15H16N8O5/c16-13-12-14(19-7-18-13)21(8-20-12)3-1-2-17-15(24)9-4-10(22(25)26)6-11(5-9)23(27)28/h4-8,25-26H,1-3H2,(H,17,24)(H2,16,18,19)/q-2. The molecule has 0 saturated carbocycles. The summed E-state index contributed by atoms with van der Waals surface area (Å²) >= 11 is 0. The second-order valence-corrected chi connectivity index (χ2v) is 5.76. The largest absolute Gasteiger partial charge is 0.769 e. The third kappa shape index (κ3) is 4.07. The lowest BCUT2D eigenvalue weighted by Gasteiger charge is -2.38. The normalized spacial score (nSPS) is 10.9. The molecule has 148 valence electrons. The van der Waals surface area contributed by atoms with Crippen molar-refractivity contribution in [2.24, 2.45) is 0 Å². The average Bonchev–Trinajstić information content (AvgIpc) is 3.09. The van der Waals surface area contributed by atoms with E-state index in [-0.39, 0.29) is 28.8 Å². The van der Waals surface area contributed by atoms with Crippen molar-refractivity contribution in [2.45, 2.75) is 13.0 Å². The highest BCUT2D eigenvalue weighted by atomic mass is 16.8. The van der Waals surface area contributed by atoms with E-state index in [1.807, 2.05) is 0 Å². The molecule has 13 heteroatoms. The topological polar surface area (TPSA) is 192 Å². The van der Waals surface area contributed by atoms with E-state index in [2.05, 4.69) is 20.3 Å². The van der Waals surface area contributed by atoms with Crippen LogP contribution in [-0.2, 0) is 6.54 Å². The first kappa shape index (κ1) is 19.2. The number of hydrogen-bond acceptors (Lipinski definition) is 11. The highest BCUT2D eigenvalue weighted by molar-refractivity contribution is 5.96. The Hall–Kier alpha value is -3.52. The number of carbonyl (C=O) groups is 1. The van der Waals surface area contributed by atoms with Crippen molar-refractivity contribution in [3.63, 3.8) is 0 Å². The van der Waals surface area contributed by atoms with Crippen molar-refractivity contribution in [3.8, 4) is 0 Å². The minimum atomic E-state index is -0.735. The van der Waals surface area contributed by atoms with Gasteiger partial charge in [-0.1, -0.05) is 0 Å². The van der Waals surface area contributed by atoms with Gasteiger partial charge in [0.25, 0.3) is 5.91 Å². The van der Waals surface area contributed by atoms with Gasteiger partial charge < -0.3 is 31.3 Å². The molecule has 0 atom stereocenters. The minimum absolute atomic E-state index is 0.0779. The fourth-order valence-electron chi connectivity index (χ4n) is 2.56. The third-order valence-electron chi connectivity index (χ3n) is 3.90. The Balaban J connectivity index is 1.62. The summed E-state index contributed by atoms with van der Waals surface area (Å²) in [4.78, 5) is 24.4. The van der Waals surface area contributed by atoms with Crippen molar-refractivity contribution in [1.82, 2.24) is 24.8 Å². The number of amides is 1. The van der Waals surface area contributed by atoms with Crippen molar-refractivity contribution in [1.29, 1.82) is 0 Å². The Morgan fingerprint density at radius 1 is 1.18 bits per heavy atom. The molecule has 0 aliphatic carbocycles. The number of rotatable bonds is 7. The number of anilines is 3. The van der Waals surface area contributed by atoms with E-state index < -0.39 is 16.8 Å². The quantitative estimate of drug-likeness (QED) is 0.327. The second kappa shape index (κ2) is 8.01. The van der Waals surface area contributed by atoms with Gasteiger partial charge in [0.1, 0.15) is 11.8 Å². The Kier molecular flexibility index (Phi) is 5.51. The summed E-state index contributed by atoms with van der Waals surface area (Å²) < 4.78 is 1.76. The third-order valence-corrected chi connectivity index (χ3v) is 3.90. The Bertz CT molecular complexity index is 963. The highest BCUT2D eigenvalue weighted by Crippen LogP contribution is 2.23. The molecule has 13 nitrogen and oxygen atoms in total. The minimum Gasteiger partial charge on any atom is -0.769 e. The van der Waals surface area contributed by atoms with Crippen LogP contribution in [0.4, 0.5) is 17.2 Å². The van der Waals surface area contributed by atoms with Gasteiger partial charge in [-0.25, -0.2) is 15.0 Å². The number of aromatic nitrogens is 4. The number of nitrogen functional groups attached to an aromatic ring is 1. The summed E-state index contributed by atoms with van der Waals surface area (Å²) in [6.07, 6.45) is 3.43.